The summed E-state index contributed by atoms with van der Waals surface area (Å²) in [6.45, 7) is 3.08. The fraction of sp³-hybridized carbons (Fsp3) is 0.389. The van der Waals surface area contributed by atoms with E-state index in [-0.39, 0.29) is 28.3 Å². The third kappa shape index (κ3) is 5.73. The third-order valence-corrected chi connectivity index (χ3v) is 6.92. The fourth-order valence-electron chi connectivity index (χ4n) is 2.28. The van der Waals surface area contributed by atoms with Crippen molar-refractivity contribution in [1.82, 2.24) is 15.0 Å². The molecule has 0 radical (unpaired) electrons. The van der Waals surface area contributed by atoms with Crippen molar-refractivity contribution >= 4 is 38.9 Å². The lowest BCUT2D eigenvalue weighted by Gasteiger charge is -2.12. The lowest BCUT2D eigenvalue weighted by atomic mass is 10.2. The molecule has 11 heteroatoms. The van der Waals surface area contributed by atoms with E-state index in [1.807, 2.05) is 4.72 Å². The maximum Gasteiger partial charge on any atom is 0.273 e. The summed E-state index contributed by atoms with van der Waals surface area (Å²) in [6.07, 6.45) is 1.89. The van der Waals surface area contributed by atoms with Gasteiger partial charge in [-0.15, -0.1) is 11.3 Å². The summed E-state index contributed by atoms with van der Waals surface area (Å²) in [7, 11) is -0.656. The Hall–Kier alpha value is -2.53. The maximum atomic E-state index is 13.3. The van der Waals surface area contributed by atoms with Crippen LogP contribution in [-0.2, 0) is 10.0 Å². The fourth-order valence-corrected chi connectivity index (χ4v) is 4.70. The van der Waals surface area contributed by atoms with Gasteiger partial charge in [0.2, 0.25) is 0 Å². The second-order valence-corrected chi connectivity index (χ2v) is 9.68. The summed E-state index contributed by atoms with van der Waals surface area (Å²) >= 11 is 0.854. The van der Waals surface area contributed by atoms with Crippen molar-refractivity contribution in [1.29, 1.82) is 0 Å². The molecular weight excluding hydrogens is 419 g/mol. The zero-order valence-electron chi connectivity index (χ0n) is 16.5. The second kappa shape index (κ2) is 9.31. The molecule has 2 amide bonds. The first-order valence-corrected chi connectivity index (χ1v) is 11.1. The van der Waals surface area contributed by atoms with Crippen molar-refractivity contribution in [3.05, 3.63) is 40.5 Å². The van der Waals surface area contributed by atoms with E-state index in [0.717, 1.165) is 11.3 Å². The molecule has 29 heavy (non-hydrogen) atoms. The van der Waals surface area contributed by atoms with Crippen molar-refractivity contribution in [2.45, 2.75) is 30.6 Å². The van der Waals surface area contributed by atoms with E-state index in [1.165, 1.54) is 18.3 Å². The van der Waals surface area contributed by atoms with Crippen LogP contribution in [0.25, 0.3) is 0 Å². The zero-order valence-corrected chi connectivity index (χ0v) is 18.2. The molecule has 0 aromatic carbocycles. The summed E-state index contributed by atoms with van der Waals surface area (Å²) in [5.41, 5.74) is 0.848. The average Bonchev–Trinajstić information content (AvgIpc) is 3.08. The van der Waals surface area contributed by atoms with Gasteiger partial charge in [0.05, 0.1) is 23.0 Å². The summed E-state index contributed by atoms with van der Waals surface area (Å²) < 4.78 is 40.3. The molecule has 2 heterocycles. The van der Waals surface area contributed by atoms with Gasteiger partial charge < -0.3 is 10.2 Å². The molecule has 8 nitrogen and oxygen atoms in total. The van der Waals surface area contributed by atoms with Gasteiger partial charge in [-0.25, -0.2) is 17.5 Å². The predicted molar refractivity (Wildman–Crippen MR) is 110 cm³/mol. The van der Waals surface area contributed by atoms with Gasteiger partial charge in [-0.05, 0) is 25.5 Å². The minimum absolute atomic E-state index is 0.0829. The predicted octanol–water partition coefficient (Wildman–Crippen LogP) is 2.11. The molecule has 0 saturated heterocycles. The highest BCUT2D eigenvalue weighted by Crippen LogP contribution is 2.26. The summed E-state index contributed by atoms with van der Waals surface area (Å²) in [5.74, 6) is -1.40. The molecule has 0 saturated carbocycles. The van der Waals surface area contributed by atoms with Gasteiger partial charge >= 0.3 is 0 Å². The number of amides is 2. The minimum Gasteiger partial charge on any atom is -0.376 e. The van der Waals surface area contributed by atoms with E-state index < -0.39 is 28.0 Å². The summed E-state index contributed by atoms with van der Waals surface area (Å²) in [4.78, 5) is 30.7. The number of hydrogen-bond donors (Lipinski definition) is 2. The highest BCUT2D eigenvalue weighted by Gasteiger charge is 2.25. The molecule has 0 spiro atoms. The zero-order chi connectivity index (χ0) is 21.8. The van der Waals surface area contributed by atoms with E-state index in [1.54, 1.807) is 39.0 Å². The lowest BCUT2D eigenvalue weighted by Crippen LogP contribution is -2.31. The Kier molecular flexibility index (Phi) is 7.31. The van der Waals surface area contributed by atoms with Crippen molar-refractivity contribution in [2.75, 3.05) is 25.5 Å². The largest absolute Gasteiger partial charge is 0.376 e. The topological polar surface area (TPSA) is 108 Å². The summed E-state index contributed by atoms with van der Waals surface area (Å²) in [6, 6.07) is 2.69. The Labute approximate surface area is 173 Å². The number of aryl methyl sites for hydroxylation is 1. The number of rotatable bonds is 8. The Morgan fingerprint density at radius 1 is 1.24 bits per heavy atom. The molecule has 158 valence electrons. The number of pyridine rings is 1. The molecule has 1 unspecified atom stereocenters. The first-order chi connectivity index (χ1) is 13.5. The van der Waals surface area contributed by atoms with Crippen LogP contribution in [-0.4, -0.2) is 52.0 Å². The number of carbonyl (C=O) groups excluding carboxylic acids is 2. The van der Waals surface area contributed by atoms with Crippen LogP contribution in [0, 0.1) is 6.92 Å². The van der Waals surface area contributed by atoms with Crippen LogP contribution in [0.2, 0.25) is 0 Å². The Bertz CT molecular complexity index is 1010. The number of nitrogens with zero attached hydrogens (tertiary/aromatic N) is 2. The first-order valence-electron chi connectivity index (χ1n) is 8.77. The molecule has 0 aliphatic heterocycles. The van der Waals surface area contributed by atoms with Crippen molar-refractivity contribution < 1.29 is 22.4 Å². The quantitative estimate of drug-likeness (QED) is 0.648. The molecule has 0 bridgehead atoms. The maximum absolute atomic E-state index is 13.3. The Balaban J connectivity index is 2.18. The van der Waals surface area contributed by atoms with Crippen molar-refractivity contribution in [3.63, 3.8) is 0 Å². The van der Waals surface area contributed by atoms with Gasteiger partial charge in [-0.1, -0.05) is 6.92 Å². The number of sulfonamides is 1. The van der Waals surface area contributed by atoms with Gasteiger partial charge in [0.25, 0.3) is 21.8 Å². The molecule has 0 aliphatic rings. The van der Waals surface area contributed by atoms with E-state index in [4.69, 9.17) is 0 Å². The second-order valence-electron chi connectivity index (χ2n) is 6.51. The number of aromatic nitrogens is 1. The van der Waals surface area contributed by atoms with Crippen LogP contribution >= 0.6 is 11.3 Å². The molecule has 2 aromatic heterocycles. The Morgan fingerprint density at radius 2 is 1.93 bits per heavy atom. The number of hydrogen-bond acceptors (Lipinski definition) is 7. The number of alkyl halides is 1. The number of carbonyl (C=O) groups is 2. The smallest absolute Gasteiger partial charge is 0.273 e. The highest BCUT2D eigenvalue weighted by atomic mass is 32.2. The number of halogens is 1. The molecule has 2 rings (SSSR count). The van der Waals surface area contributed by atoms with Crippen molar-refractivity contribution in [2.24, 2.45) is 0 Å². The molecule has 0 aliphatic carbocycles. The Morgan fingerprint density at radius 3 is 2.55 bits per heavy atom. The van der Waals surface area contributed by atoms with Crippen LogP contribution in [0.5, 0.6) is 0 Å². The van der Waals surface area contributed by atoms with E-state index in [9.17, 15) is 22.4 Å². The van der Waals surface area contributed by atoms with Crippen LogP contribution in [0.4, 0.5) is 10.1 Å². The normalized spacial score (nSPS) is 12.3. The van der Waals surface area contributed by atoms with E-state index in [0.29, 0.717) is 10.6 Å². The van der Waals surface area contributed by atoms with Gasteiger partial charge in [0, 0.05) is 31.7 Å². The van der Waals surface area contributed by atoms with Crippen molar-refractivity contribution in [3.8, 4) is 0 Å². The van der Waals surface area contributed by atoms with Gasteiger partial charge in [0.1, 0.15) is 10.4 Å². The van der Waals surface area contributed by atoms with Gasteiger partial charge in [-0.2, -0.15) is 0 Å². The van der Waals surface area contributed by atoms with Crippen LogP contribution < -0.4 is 14.9 Å². The highest BCUT2D eigenvalue weighted by molar-refractivity contribution is 7.92. The standard InChI is InChI=1S/C18H23FN4O4S2/c1-5-13(19)9-21-18(25)15-7-16(28-11(15)2)29(26,27)22-17(24)12-6-14(23(3)4)10-20-8-12/h6-8,10,13H,5,9H2,1-4H3,(H,21,25)(H,22,24). The number of anilines is 1. The van der Waals surface area contributed by atoms with Crippen LogP contribution in [0.1, 0.15) is 38.9 Å². The van der Waals surface area contributed by atoms with E-state index in [2.05, 4.69) is 10.3 Å². The SMILES string of the molecule is CCC(F)CNC(=O)c1cc(S(=O)(=O)NC(=O)c2cncc(N(C)C)c2)sc1C. The van der Waals surface area contributed by atoms with E-state index >= 15 is 0 Å². The third-order valence-electron chi connectivity index (χ3n) is 4.06. The number of nitrogens with one attached hydrogen (secondary N) is 2. The van der Waals surface area contributed by atoms with Crippen LogP contribution in [0.3, 0.4) is 0 Å². The molecule has 2 aromatic rings. The molecule has 1 atom stereocenters. The monoisotopic (exact) mass is 442 g/mol. The average molecular weight is 443 g/mol. The first kappa shape index (κ1) is 22.8. The molecular formula is C18H23FN4O4S2. The van der Waals surface area contributed by atoms with Gasteiger partial charge in [-0.3, -0.25) is 14.6 Å². The minimum atomic E-state index is -4.19. The van der Waals surface area contributed by atoms with Gasteiger partial charge in [0.15, 0.2) is 0 Å². The number of thiophene rings is 1. The molecule has 2 N–H and O–H groups in total. The lowest BCUT2D eigenvalue weighted by molar-refractivity contribution is 0.0939. The molecule has 0 fully saturated rings. The van der Waals surface area contributed by atoms with Crippen LogP contribution in [0.15, 0.2) is 28.7 Å². The summed E-state index contributed by atoms with van der Waals surface area (Å²) in [5, 5.41) is 2.44.